The van der Waals surface area contributed by atoms with Crippen LogP contribution in [0.15, 0.2) is 11.7 Å². The topological polar surface area (TPSA) is 40.5 Å². The molecule has 1 rings (SSSR count). The summed E-state index contributed by atoms with van der Waals surface area (Å²) >= 11 is 0. The molecule has 0 aromatic heterocycles. The fourth-order valence-electron chi connectivity index (χ4n) is 1.26. The molecule has 0 aromatic carbocycles. The normalized spacial score (nSPS) is 36.0. The van der Waals surface area contributed by atoms with Gasteiger partial charge < -0.3 is 10.0 Å². The van der Waals surface area contributed by atoms with Crippen LogP contribution in [0, 0.1) is 0 Å². The van der Waals surface area contributed by atoms with E-state index >= 15 is 0 Å². The molecule has 0 spiro atoms. The van der Waals surface area contributed by atoms with Gasteiger partial charge in [0.25, 0.3) is 5.57 Å². The van der Waals surface area contributed by atoms with E-state index in [1.165, 1.54) is 0 Å². The molecule has 2 N–H and O–H groups in total. The molecular formula is C6H3BF8O2. The maximum absolute atomic E-state index is 13.2. The number of allylic oxidation sites excluding steroid dienone is 2. The van der Waals surface area contributed by atoms with Gasteiger partial charge in [-0.05, 0) is 0 Å². The van der Waals surface area contributed by atoms with Gasteiger partial charge in [0, 0.05) is 0 Å². The van der Waals surface area contributed by atoms with Crippen LogP contribution in [0.2, 0.25) is 0 Å². The van der Waals surface area contributed by atoms with Gasteiger partial charge in [-0.15, -0.1) is 0 Å². The van der Waals surface area contributed by atoms with Crippen LogP contribution in [-0.2, 0) is 0 Å². The predicted molar refractivity (Wildman–Crippen MR) is 38.1 cm³/mol. The second-order valence-electron chi connectivity index (χ2n) is 3.31. The lowest BCUT2D eigenvalue weighted by molar-refractivity contribution is -0.280. The molecule has 2 atom stereocenters. The molecule has 0 heterocycles. The molecule has 98 valence electrons. The fraction of sp³-hybridized carbons (Fsp3) is 0.667. The molecule has 0 bridgehead atoms. The lowest BCUT2D eigenvalue weighted by Gasteiger charge is -2.40. The molecular weight excluding hydrogens is 267 g/mol. The third-order valence-electron chi connectivity index (χ3n) is 2.30. The fourth-order valence-corrected chi connectivity index (χ4v) is 1.26. The van der Waals surface area contributed by atoms with Crippen molar-refractivity contribution < 1.29 is 45.2 Å². The molecule has 0 amide bonds. The van der Waals surface area contributed by atoms with Crippen LogP contribution in [0.25, 0.3) is 0 Å². The van der Waals surface area contributed by atoms with Crippen LogP contribution in [0.5, 0.6) is 0 Å². The third-order valence-corrected chi connectivity index (χ3v) is 2.30. The lowest BCUT2D eigenvalue weighted by Crippen LogP contribution is -2.69. The van der Waals surface area contributed by atoms with E-state index in [4.69, 9.17) is 10.0 Å². The van der Waals surface area contributed by atoms with Crippen molar-refractivity contribution in [1.29, 1.82) is 0 Å². The standard InChI is InChI=1S/C6H3BF8O2/c8-1-2(9)4(11,7(16)17)6(14,15)5(12,13)3(1)10/h3,16-17H. The van der Waals surface area contributed by atoms with E-state index in [0.717, 1.165) is 0 Å². The Morgan fingerprint density at radius 2 is 1.41 bits per heavy atom. The van der Waals surface area contributed by atoms with Gasteiger partial charge in [0.15, 0.2) is 11.7 Å². The summed E-state index contributed by atoms with van der Waals surface area (Å²) in [4.78, 5) is 0. The minimum absolute atomic E-state index is 3.14. The van der Waals surface area contributed by atoms with Crippen LogP contribution in [-0.4, -0.2) is 40.8 Å². The van der Waals surface area contributed by atoms with Gasteiger partial charge in [0.1, 0.15) is 0 Å². The SMILES string of the molecule is OB(O)C1(F)C(F)=C(F)C(F)C(F)(F)C1(F)F. The number of alkyl halides is 6. The predicted octanol–water partition coefficient (Wildman–Crippen LogP) is 1.48. The minimum Gasteiger partial charge on any atom is -0.425 e. The molecule has 0 aliphatic heterocycles. The minimum atomic E-state index is -6.17. The number of halogens is 8. The van der Waals surface area contributed by atoms with Crippen LogP contribution < -0.4 is 0 Å². The maximum atomic E-state index is 13.2. The largest absolute Gasteiger partial charge is 0.506 e. The zero-order valence-electron chi connectivity index (χ0n) is 7.57. The molecule has 0 aromatic rings. The Morgan fingerprint density at radius 1 is 1.00 bits per heavy atom. The first kappa shape index (κ1) is 14.2. The molecule has 0 saturated carbocycles. The van der Waals surface area contributed by atoms with Crippen molar-refractivity contribution in [2.75, 3.05) is 0 Å². The third kappa shape index (κ3) is 1.41. The summed E-state index contributed by atoms with van der Waals surface area (Å²) < 4.78 is 102. The van der Waals surface area contributed by atoms with Gasteiger partial charge in [-0.1, -0.05) is 0 Å². The van der Waals surface area contributed by atoms with Crippen molar-refractivity contribution in [2.24, 2.45) is 0 Å². The zero-order valence-corrected chi connectivity index (χ0v) is 7.57. The number of hydrogen-bond donors (Lipinski definition) is 2. The van der Waals surface area contributed by atoms with Gasteiger partial charge in [0.2, 0.25) is 6.17 Å². The summed E-state index contributed by atoms with van der Waals surface area (Å²) in [6.07, 6.45) is -4.42. The summed E-state index contributed by atoms with van der Waals surface area (Å²) in [6.45, 7) is 0. The highest BCUT2D eigenvalue weighted by Gasteiger charge is 2.83. The molecule has 1 aliphatic carbocycles. The van der Waals surface area contributed by atoms with E-state index in [-0.39, 0.29) is 0 Å². The van der Waals surface area contributed by atoms with E-state index in [2.05, 4.69) is 0 Å². The van der Waals surface area contributed by atoms with E-state index < -0.39 is 42.4 Å². The Morgan fingerprint density at radius 3 is 1.76 bits per heavy atom. The smallest absolute Gasteiger partial charge is 0.425 e. The summed E-state index contributed by atoms with van der Waals surface area (Å²) in [5, 5.41) is 16.4. The molecule has 1 aliphatic rings. The van der Waals surface area contributed by atoms with Crippen molar-refractivity contribution in [3.05, 3.63) is 11.7 Å². The highest BCUT2D eigenvalue weighted by Crippen LogP contribution is 2.57. The number of rotatable bonds is 1. The average Bonchev–Trinajstić information content (AvgIpc) is 2.22. The van der Waals surface area contributed by atoms with Gasteiger partial charge in [-0.2, -0.15) is 17.6 Å². The highest BCUT2D eigenvalue weighted by atomic mass is 19.3. The van der Waals surface area contributed by atoms with E-state index in [0.29, 0.717) is 0 Å². The molecule has 2 nitrogen and oxygen atoms in total. The van der Waals surface area contributed by atoms with Gasteiger partial charge >= 0.3 is 19.0 Å². The summed E-state index contributed by atoms with van der Waals surface area (Å²) in [5.41, 5.74) is -5.46. The van der Waals surface area contributed by atoms with Crippen LogP contribution in [0.4, 0.5) is 35.1 Å². The Bertz CT molecular complexity index is 369. The monoisotopic (exact) mass is 270 g/mol. The second kappa shape index (κ2) is 3.58. The molecule has 0 fully saturated rings. The summed E-state index contributed by atoms with van der Waals surface area (Å²) in [6, 6.07) is 0. The Kier molecular flexibility index (Phi) is 2.99. The molecule has 11 heteroatoms. The van der Waals surface area contributed by atoms with Crippen molar-refractivity contribution >= 4 is 7.12 Å². The quantitative estimate of drug-likeness (QED) is 0.559. The number of hydrogen-bond acceptors (Lipinski definition) is 2. The van der Waals surface area contributed by atoms with Crippen molar-refractivity contribution in [1.82, 2.24) is 0 Å². The lowest BCUT2D eigenvalue weighted by atomic mass is 9.60. The summed E-state index contributed by atoms with van der Waals surface area (Å²) in [7, 11) is -4.00. The molecule has 0 saturated heterocycles. The van der Waals surface area contributed by atoms with E-state index in [1.54, 1.807) is 0 Å². The van der Waals surface area contributed by atoms with E-state index in [9.17, 15) is 35.1 Å². The molecule has 17 heavy (non-hydrogen) atoms. The van der Waals surface area contributed by atoms with Crippen LogP contribution in [0.3, 0.4) is 0 Å². The first-order valence-corrected chi connectivity index (χ1v) is 3.92. The van der Waals surface area contributed by atoms with Gasteiger partial charge in [-0.3, -0.25) is 0 Å². The highest BCUT2D eigenvalue weighted by molar-refractivity contribution is 6.47. The average molecular weight is 270 g/mol. The van der Waals surface area contributed by atoms with Crippen LogP contribution in [0.1, 0.15) is 0 Å². The van der Waals surface area contributed by atoms with Crippen LogP contribution >= 0.6 is 0 Å². The Balaban J connectivity index is 3.60. The second-order valence-corrected chi connectivity index (χ2v) is 3.31. The summed E-state index contributed by atoms with van der Waals surface area (Å²) in [5.74, 6) is -18.6. The first-order valence-electron chi connectivity index (χ1n) is 3.92. The van der Waals surface area contributed by atoms with Crippen molar-refractivity contribution in [3.63, 3.8) is 0 Å². The Labute approximate surface area is 88.7 Å². The van der Waals surface area contributed by atoms with E-state index in [1.807, 2.05) is 0 Å². The van der Waals surface area contributed by atoms with Crippen molar-refractivity contribution in [3.8, 4) is 0 Å². The Hall–Kier alpha value is -0.835. The maximum Gasteiger partial charge on any atom is 0.506 e. The molecule has 0 radical (unpaired) electrons. The zero-order chi connectivity index (χ0) is 13.8. The van der Waals surface area contributed by atoms with Gasteiger partial charge in [-0.25, -0.2) is 17.6 Å². The first-order chi connectivity index (χ1) is 7.42. The molecule has 2 unspecified atom stereocenters. The van der Waals surface area contributed by atoms with Crippen molar-refractivity contribution in [2.45, 2.75) is 23.6 Å². The van der Waals surface area contributed by atoms with Gasteiger partial charge in [0.05, 0.1) is 0 Å².